The van der Waals surface area contributed by atoms with Crippen LogP contribution in [-0.4, -0.2) is 110 Å². The van der Waals surface area contributed by atoms with Crippen molar-refractivity contribution in [2.24, 2.45) is 4.99 Å². The minimum Gasteiger partial charge on any atom is -0.444 e. The zero-order chi connectivity index (χ0) is 23.4. The standard InChI is InChI=1S/C22H44N6O3/c1-16(27-12-10-26(9)11-13-27)14-24-19(23-8)25-15-18-17(2)30-22(6,7)28(18)20(29)31-21(3,4)5/h16-18H,10-15H2,1-9H3,(H2,23,24,25). The molecule has 0 radical (unpaired) electrons. The zero-order valence-corrected chi connectivity index (χ0v) is 21.0. The highest BCUT2D eigenvalue weighted by Gasteiger charge is 2.49. The van der Waals surface area contributed by atoms with E-state index in [-0.39, 0.29) is 18.2 Å². The van der Waals surface area contributed by atoms with Gasteiger partial charge < -0.3 is 25.0 Å². The van der Waals surface area contributed by atoms with Crippen LogP contribution in [-0.2, 0) is 9.47 Å². The number of likely N-dealkylation sites (N-methyl/N-ethyl adjacent to an activating group) is 1. The molecule has 2 aliphatic rings. The molecule has 2 N–H and O–H groups in total. The second-order valence-electron chi connectivity index (χ2n) is 10.2. The lowest BCUT2D eigenvalue weighted by atomic mass is 10.1. The van der Waals surface area contributed by atoms with Crippen LogP contribution in [0.2, 0.25) is 0 Å². The Morgan fingerprint density at radius 1 is 1.23 bits per heavy atom. The first kappa shape index (κ1) is 25.7. The summed E-state index contributed by atoms with van der Waals surface area (Å²) < 4.78 is 11.7. The van der Waals surface area contributed by atoms with Crippen molar-refractivity contribution in [1.82, 2.24) is 25.3 Å². The van der Waals surface area contributed by atoms with Crippen LogP contribution >= 0.6 is 0 Å². The Morgan fingerprint density at radius 3 is 2.39 bits per heavy atom. The summed E-state index contributed by atoms with van der Waals surface area (Å²) in [7, 11) is 3.93. The van der Waals surface area contributed by atoms with Crippen LogP contribution in [0.1, 0.15) is 48.5 Å². The lowest BCUT2D eigenvalue weighted by Gasteiger charge is -2.37. The molecule has 0 spiro atoms. The summed E-state index contributed by atoms with van der Waals surface area (Å²) in [6.45, 7) is 19.4. The maximum Gasteiger partial charge on any atom is 0.412 e. The third kappa shape index (κ3) is 7.22. The van der Waals surface area contributed by atoms with Crippen molar-refractivity contribution < 1.29 is 14.3 Å². The predicted octanol–water partition coefficient (Wildman–Crippen LogP) is 1.55. The van der Waals surface area contributed by atoms with Crippen molar-refractivity contribution in [3.8, 4) is 0 Å². The predicted molar refractivity (Wildman–Crippen MR) is 124 cm³/mol. The summed E-state index contributed by atoms with van der Waals surface area (Å²) in [6.07, 6.45) is -0.488. The van der Waals surface area contributed by atoms with Gasteiger partial charge in [-0.3, -0.25) is 14.8 Å². The maximum absolute atomic E-state index is 12.9. The van der Waals surface area contributed by atoms with Gasteiger partial charge in [0.05, 0.1) is 12.1 Å². The lowest BCUT2D eigenvalue weighted by Crippen LogP contribution is -2.55. The van der Waals surface area contributed by atoms with Gasteiger partial charge in [-0.2, -0.15) is 0 Å². The molecule has 2 rings (SSSR count). The van der Waals surface area contributed by atoms with Gasteiger partial charge in [-0.25, -0.2) is 4.79 Å². The number of piperazine rings is 1. The van der Waals surface area contributed by atoms with Crippen LogP contribution in [0.15, 0.2) is 4.99 Å². The molecule has 0 saturated carbocycles. The van der Waals surface area contributed by atoms with Crippen LogP contribution < -0.4 is 10.6 Å². The van der Waals surface area contributed by atoms with Crippen molar-refractivity contribution in [3.05, 3.63) is 0 Å². The number of rotatable bonds is 5. The van der Waals surface area contributed by atoms with Crippen LogP contribution in [0.3, 0.4) is 0 Å². The Kier molecular flexibility index (Phi) is 8.58. The van der Waals surface area contributed by atoms with E-state index in [1.807, 2.05) is 41.5 Å². The van der Waals surface area contributed by atoms with Gasteiger partial charge in [0.15, 0.2) is 5.96 Å². The normalized spacial score (nSPS) is 26.6. The van der Waals surface area contributed by atoms with Crippen molar-refractivity contribution in [3.63, 3.8) is 0 Å². The van der Waals surface area contributed by atoms with E-state index >= 15 is 0 Å². The molecule has 0 aliphatic carbocycles. The average molecular weight is 441 g/mol. The van der Waals surface area contributed by atoms with E-state index in [0.717, 1.165) is 38.7 Å². The Balaban J connectivity index is 1.92. The van der Waals surface area contributed by atoms with Crippen LogP contribution in [0.5, 0.6) is 0 Å². The molecule has 0 aromatic carbocycles. The molecule has 2 fully saturated rings. The number of carbonyl (C=O) groups is 1. The van der Waals surface area contributed by atoms with E-state index in [0.29, 0.717) is 12.6 Å². The number of aliphatic imine (C=N–C) groups is 1. The number of nitrogens with zero attached hydrogens (tertiary/aromatic N) is 4. The third-order valence-electron chi connectivity index (χ3n) is 5.95. The number of hydrogen-bond acceptors (Lipinski definition) is 6. The van der Waals surface area contributed by atoms with Gasteiger partial charge in [-0.15, -0.1) is 0 Å². The quantitative estimate of drug-likeness (QED) is 0.496. The minimum atomic E-state index is -0.735. The number of carbonyl (C=O) groups excluding carboxylic acids is 1. The lowest BCUT2D eigenvalue weighted by molar-refractivity contribution is -0.0755. The first-order chi connectivity index (χ1) is 14.3. The summed E-state index contributed by atoms with van der Waals surface area (Å²) in [5.41, 5.74) is -1.30. The monoisotopic (exact) mass is 440 g/mol. The first-order valence-corrected chi connectivity index (χ1v) is 11.4. The molecular formula is C22H44N6O3. The summed E-state index contributed by atoms with van der Waals surface area (Å²) in [6, 6.07) is 0.247. The number of ether oxygens (including phenoxy) is 2. The second-order valence-corrected chi connectivity index (χ2v) is 10.2. The third-order valence-corrected chi connectivity index (χ3v) is 5.95. The van der Waals surface area contributed by atoms with E-state index in [2.05, 4.69) is 39.4 Å². The molecule has 9 heteroatoms. The molecule has 31 heavy (non-hydrogen) atoms. The van der Waals surface area contributed by atoms with Gasteiger partial charge in [0, 0.05) is 52.4 Å². The molecular weight excluding hydrogens is 396 g/mol. The Hall–Kier alpha value is -1.58. The fraction of sp³-hybridized carbons (Fsp3) is 0.909. The average Bonchev–Trinajstić information content (AvgIpc) is 2.88. The van der Waals surface area contributed by atoms with Gasteiger partial charge in [0.1, 0.15) is 11.3 Å². The summed E-state index contributed by atoms with van der Waals surface area (Å²) in [5.74, 6) is 0.724. The van der Waals surface area contributed by atoms with Crippen molar-refractivity contribution >= 4 is 12.1 Å². The van der Waals surface area contributed by atoms with Crippen molar-refractivity contribution in [1.29, 1.82) is 0 Å². The molecule has 3 atom stereocenters. The van der Waals surface area contributed by atoms with E-state index in [4.69, 9.17) is 9.47 Å². The largest absolute Gasteiger partial charge is 0.444 e. The van der Waals surface area contributed by atoms with Crippen LogP contribution in [0.25, 0.3) is 0 Å². The fourth-order valence-corrected chi connectivity index (χ4v) is 4.18. The molecule has 0 aromatic rings. The van der Waals surface area contributed by atoms with Gasteiger partial charge >= 0.3 is 6.09 Å². The molecule has 3 unspecified atom stereocenters. The summed E-state index contributed by atoms with van der Waals surface area (Å²) >= 11 is 0. The van der Waals surface area contributed by atoms with E-state index in [1.54, 1.807) is 11.9 Å². The number of guanidine groups is 1. The summed E-state index contributed by atoms with van der Waals surface area (Å²) in [5, 5.41) is 6.80. The van der Waals surface area contributed by atoms with Gasteiger partial charge in [0.25, 0.3) is 0 Å². The molecule has 180 valence electrons. The second kappa shape index (κ2) is 10.4. The highest BCUT2D eigenvalue weighted by molar-refractivity contribution is 5.79. The fourth-order valence-electron chi connectivity index (χ4n) is 4.18. The van der Waals surface area contributed by atoms with Crippen LogP contribution in [0.4, 0.5) is 4.79 Å². The smallest absolute Gasteiger partial charge is 0.412 e. The van der Waals surface area contributed by atoms with Gasteiger partial charge in [-0.1, -0.05) is 0 Å². The van der Waals surface area contributed by atoms with E-state index < -0.39 is 11.3 Å². The Bertz CT molecular complexity index is 625. The Morgan fingerprint density at radius 2 is 1.84 bits per heavy atom. The Labute approximate surface area is 188 Å². The highest BCUT2D eigenvalue weighted by atomic mass is 16.6. The topological polar surface area (TPSA) is 81.7 Å². The van der Waals surface area contributed by atoms with E-state index in [1.165, 1.54) is 0 Å². The van der Waals surface area contributed by atoms with Crippen molar-refractivity contribution in [2.75, 3.05) is 53.4 Å². The molecule has 0 bridgehead atoms. The number of amides is 1. The molecule has 2 heterocycles. The van der Waals surface area contributed by atoms with Crippen molar-refractivity contribution in [2.45, 2.75) is 78.0 Å². The summed E-state index contributed by atoms with van der Waals surface area (Å²) in [4.78, 5) is 23.8. The van der Waals surface area contributed by atoms with Crippen LogP contribution in [0, 0.1) is 0 Å². The zero-order valence-electron chi connectivity index (χ0n) is 21.0. The molecule has 2 aliphatic heterocycles. The molecule has 2 saturated heterocycles. The number of hydrogen-bond donors (Lipinski definition) is 2. The van der Waals surface area contributed by atoms with E-state index in [9.17, 15) is 4.79 Å². The van der Waals surface area contributed by atoms with Gasteiger partial charge in [-0.05, 0) is 55.5 Å². The highest BCUT2D eigenvalue weighted by Crippen LogP contribution is 2.33. The minimum absolute atomic E-state index is 0.127. The first-order valence-electron chi connectivity index (χ1n) is 11.4. The molecule has 1 amide bonds. The maximum atomic E-state index is 12.9. The molecule has 0 aromatic heterocycles. The van der Waals surface area contributed by atoms with Gasteiger partial charge in [0.2, 0.25) is 0 Å². The number of nitrogens with one attached hydrogen (secondary N) is 2. The SMILES string of the molecule is CN=C(NCC(C)N1CCN(C)CC1)NCC1C(C)OC(C)(C)N1C(=O)OC(C)(C)C. The molecule has 9 nitrogen and oxygen atoms in total.